The molecule has 0 amide bonds. The van der Waals surface area contributed by atoms with E-state index in [0.29, 0.717) is 11.1 Å². The Kier molecular flexibility index (Phi) is 5.10. The molecule has 0 spiro atoms. The zero-order chi connectivity index (χ0) is 14.6. The van der Waals surface area contributed by atoms with Crippen molar-refractivity contribution in [1.29, 1.82) is 5.26 Å². The summed E-state index contributed by atoms with van der Waals surface area (Å²) in [6.45, 7) is 7.61. The first-order chi connectivity index (χ1) is 8.81. The highest BCUT2D eigenvalue weighted by Gasteiger charge is 2.22. The van der Waals surface area contributed by atoms with Crippen molar-refractivity contribution in [2.75, 3.05) is 0 Å². The van der Waals surface area contributed by atoms with Crippen LogP contribution < -0.4 is 4.72 Å². The Morgan fingerprint density at radius 1 is 1.37 bits per heavy atom. The van der Waals surface area contributed by atoms with E-state index in [4.69, 9.17) is 5.26 Å². The summed E-state index contributed by atoms with van der Waals surface area (Å²) in [5.41, 5.74) is 0.991. The van der Waals surface area contributed by atoms with E-state index in [9.17, 15) is 8.42 Å². The first-order valence-electron chi connectivity index (χ1n) is 6.35. The van der Waals surface area contributed by atoms with Gasteiger partial charge in [0.05, 0.1) is 16.5 Å². The van der Waals surface area contributed by atoms with Gasteiger partial charge in [0.2, 0.25) is 10.0 Å². The van der Waals surface area contributed by atoms with Crippen LogP contribution in [0.25, 0.3) is 0 Å². The molecule has 0 heterocycles. The van der Waals surface area contributed by atoms with Crippen LogP contribution in [-0.2, 0) is 10.0 Å². The molecular formula is C14H20N2O2S. The SMILES string of the molecule is CCC(C)C(C)NS(=O)(=O)c1cc(C#N)ccc1C. The zero-order valence-corrected chi connectivity index (χ0v) is 12.6. The van der Waals surface area contributed by atoms with E-state index in [-0.39, 0.29) is 16.9 Å². The van der Waals surface area contributed by atoms with Crippen molar-refractivity contribution < 1.29 is 8.42 Å². The topological polar surface area (TPSA) is 70.0 Å². The Bertz CT molecular complexity index is 588. The lowest BCUT2D eigenvalue weighted by atomic mass is 10.0. The van der Waals surface area contributed by atoms with Gasteiger partial charge >= 0.3 is 0 Å². The minimum atomic E-state index is -3.58. The molecule has 0 bridgehead atoms. The van der Waals surface area contributed by atoms with Gasteiger partial charge in [-0.2, -0.15) is 5.26 Å². The molecule has 19 heavy (non-hydrogen) atoms. The Hall–Kier alpha value is -1.38. The molecule has 2 unspecified atom stereocenters. The number of sulfonamides is 1. The first kappa shape index (κ1) is 15.7. The lowest BCUT2D eigenvalue weighted by molar-refractivity contribution is 0.434. The van der Waals surface area contributed by atoms with Crippen LogP contribution in [0.4, 0.5) is 0 Å². The second kappa shape index (κ2) is 6.18. The number of rotatable bonds is 5. The summed E-state index contributed by atoms with van der Waals surface area (Å²) in [7, 11) is -3.58. The van der Waals surface area contributed by atoms with Crippen molar-refractivity contribution in [1.82, 2.24) is 4.72 Å². The molecular weight excluding hydrogens is 260 g/mol. The van der Waals surface area contributed by atoms with E-state index < -0.39 is 10.0 Å². The van der Waals surface area contributed by atoms with E-state index >= 15 is 0 Å². The van der Waals surface area contributed by atoms with Crippen molar-refractivity contribution in [3.63, 3.8) is 0 Å². The van der Waals surface area contributed by atoms with E-state index in [0.717, 1.165) is 6.42 Å². The fraction of sp³-hybridized carbons (Fsp3) is 0.500. The Morgan fingerprint density at radius 3 is 2.53 bits per heavy atom. The van der Waals surface area contributed by atoms with Crippen molar-refractivity contribution in [3.8, 4) is 6.07 Å². The molecule has 0 saturated heterocycles. The molecule has 0 fully saturated rings. The number of nitriles is 1. The van der Waals surface area contributed by atoms with Crippen molar-refractivity contribution in [2.24, 2.45) is 5.92 Å². The van der Waals surface area contributed by atoms with Crippen LogP contribution >= 0.6 is 0 Å². The average molecular weight is 280 g/mol. The van der Waals surface area contributed by atoms with Crippen LogP contribution in [0.3, 0.4) is 0 Å². The lowest BCUT2D eigenvalue weighted by Gasteiger charge is -2.20. The molecule has 104 valence electrons. The third kappa shape index (κ3) is 3.79. The molecule has 5 heteroatoms. The smallest absolute Gasteiger partial charge is 0.208 e. The Morgan fingerprint density at radius 2 is 2.00 bits per heavy atom. The van der Waals surface area contributed by atoms with Crippen LogP contribution in [0.1, 0.15) is 38.3 Å². The number of aryl methyl sites for hydroxylation is 1. The number of hydrogen-bond acceptors (Lipinski definition) is 3. The van der Waals surface area contributed by atoms with E-state index in [1.54, 1.807) is 19.1 Å². The third-order valence-corrected chi connectivity index (χ3v) is 5.15. The third-order valence-electron chi connectivity index (χ3n) is 3.45. The quantitative estimate of drug-likeness (QED) is 0.901. The maximum atomic E-state index is 12.3. The van der Waals surface area contributed by atoms with E-state index in [1.807, 2.05) is 26.8 Å². The van der Waals surface area contributed by atoms with Crippen molar-refractivity contribution >= 4 is 10.0 Å². The van der Waals surface area contributed by atoms with Gasteiger partial charge < -0.3 is 0 Å². The van der Waals surface area contributed by atoms with Crippen molar-refractivity contribution in [3.05, 3.63) is 29.3 Å². The lowest BCUT2D eigenvalue weighted by Crippen LogP contribution is -2.37. The van der Waals surface area contributed by atoms with Gasteiger partial charge in [-0.3, -0.25) is 0 Å². The fourth-order valence-corrected chi connectivity index (χ4v) is 3.36. The van der Waals surface area contributed by atoms with Crippen LogP contribution in [0.2, 0.25) is 0 Å². The molecule has 0 aliphatic rings. The highest BCUT2D eigenvalue weighted by Crippen LogP contribution is 2.18. The number of benzene rings is 1. The first-order valence-corrected chi connectivity index (χ1v) is 7.83. The largest absolute Gasteiger partial charge is 0.241 e. The summed E-state index contributed by atoms with van der Waals surface area (Å²) in [5, 5.41) is 8.86. The van der Waals surface area contributed by atoms with Gasteiger partial charge in [-0.05, 0) is 37.5 Å². The van der Waals surface area contributed by atoms with E-state index in [2.05, 4.69) is 4.72 Å². The molecule has 1 N–H and O–H groups in total. The highest BCUT2D eigenvalue weighted by molar-refractivity contribution is 7.89. The van der Waals surface area contributed by atoms with Gasteiger partial charge in [-0.25, -0.2) is 13.1 Å². The summed E-state index contributed by atoms with van der Waals surface area (Å²) in [6.07, 6.45) is 0.904. The van der Waals surface area contributed by atoms with Gasteiger partial charge in [0.15, 0.2) is 0 Å². The zero-order valence-electron chi connectivity index (χ0n) is 11.8. The number of hydrogen-bond donors (Lipinski definition) is 1. The summed E-state index contributed by atoms with van der Waals surface area (Å²) in [4.78, 5) is 0.182. The molecule has 2 atom stereocenters. The second-order valence-corrected chi connectivity index (χ2v) is 6.57. The van der Waals surface area contributed by atoms with Crippen LogP contribution in [0.5, 0.6) is 0 Å². The molecule has 1 rings (SSSR count). The van der Waals surface area contributed by atoms with Gasteiger partial charge in [0.1, 0.15) is 0 Å². The normalized spacial score (nSPS) is 14.7. The summed E-state index contributed by atoms with van der Waals surface area (Å²) < 4.78 is 27.3. The summed E-state index contributed by atoms with van der Waals surface area (Å²) >= 11 is 0. The van der Waals surface area contributed by atoms with Crippen LogP contribution in [0, 0.1) is 24.2 Å². The molecule has 0 aromatic heterocycles. The number of nitrogens with one attached hydrogen (secondary N) is 1. The molecule has 0 radical (unpaired) electrons. The van der Waals surface area contributed by atoms with Crippen LogP contribution in [0.15, 0.2) is 23.1 Å². The molecule has 0 aliphatic heterocycles. The van der Waals surface area contributed by atoms with E-state index in [1.165, 1.54) is 6.07 Å². The van der Waals surface area contributed by atoms with Gasteiger partial charge in [0, 0.05) is 6.04 Å². The monoisotopic (exact) mass is 280 g/mol. The Balaban J connectivity index is 3.11. The predicted molar refractivity (Wildman–Crippen MR) is 75.1 cm³/mol. The van der Waals surface area contributed by atoms with Gasteiger partial charge in [-0.15, -0.1) is 0 Å². The molecule has 1 aromatic carbocycles. The minimum absolute atomic E-state index is 0.139. The minimum Gasteiger partial charge on any atom is -0.208 e. The fourth-order valence-electron chi connectivity index (χ4n) is 1.74. The highest BCUT2D eigenvalue weighted by atomic mass is 32.2. The van der Waals surface area contributed by atoms with Crippen LogP contribution in [-0.4, -0.2) is 14.5 Å². The number of nitrogens with zero attached hydrogens (tertiary/aromatic N) is 1. The van der Waals surface area contributed by atoms with Crippen molar-refractivity contribution in [2.45, 2.75) is 45.1 Å². The summed E-state index contributed by atoms with van der Waals surface area (Å²) in [5.74, 6) is 0.259. The standard InChI is InChI=1S/C14H20N2O2S/c1-5-10(2)12(4)16-19(17,18)14-8-13(9-15)7-6-11(14)3/h6-8,10,12,16H,5H2,1-4H3. The van der Waals surface area contributed by atoms with Gasteiger partial charge in [0.25, 0.3) is 0 Å². The molecule has 1 aromatic rings. The Labute approximate surface area is 115 Å². The summed E-state index contributed by atoms with van der Waals surface area (Å²) in [6, 6.07) is 6.51. The molecule has 0 saturated carbocycles. The molecule has 4 nitrogen and oxygen atoms in total. The maximum Gasteiger partial charge on any atom is 0.241 e. The predicted octanol–water partition coefficient (Wildman–Crippen LogP) is 2.58. The molecule has 0 aliphatic carbocycles. The maximum absolute atomic E-state index is 12.3. The second-order valence-electron chi connectivity index (χ2n) is 4.89. The van der Waals surface area contributed by atoms with Gasteiger partial charge in [-0.1, -0.05) is 26.3 Å². The average Bonchev–Trinajstić information content (AvgIpc) is 2.37.